The van der Waals surface area contributed by atoms with Gasteiger partial charge in [-0.25, -0.2) is 9.97 Å². The van der Waals surface area contributed by atoms with Crippen LogP contribution in [0.3, 0.4) is 0 Å². The molecule has 2 aromatic carbocycles. The van der Waals surface area contributed by atoms with E-state index >= 15 is 0 Å². The van der Waals surface area contributed by atoms with Gasteiger partial charge >= 0.3 is 0 Å². The molecule has 10 heteroatoms. The number of anilines is 2. The molecular weight excluding hydrogens is 519 g/mol. The molecule has 0 aliphatic heterocycles. The lowest BCUT2D eigenvalue weighted by molar-refractivity contribution is 0.779. The number of nitrogens with one attached hydrogen (secondary N) is 2. The van der Waals surface area contributed by atoms with Crippen LogP contribution in [0.25, 0.3) is 33.6 Å². The SMILES string of the molecule is CNCc1ncc(-c2cccc(-c3cccc(-c4cnc(CNC)c(N(C)C)n4)c3Cl)c2Cl)nc1N(C)C. The Morgan fingerprint density at radius 1 is 0.632 bits per heavy atom. The summed E-state index contributed by atoms with van der Waals surface area (Å²) >= 11 is 14.0. The first kappa shape index (κ1) is 27.7. The molecule has 0 aliphatic carbocycles. The Bertz CT molecular complexity index is 1330. The molecule has 0 amide bonds. The summed E-state index contributed by atoms with van der Waals surface area (Å²) in [6.07, 6.45) is 3.52. The van der Waals surface area contributed by atoms with Crippen molar-refractivity contribution in [3.8, 4) is 33.6 Å². The lowest BCUT2D eigenvalue weighted by atomic mass is 9.98. The standard InChI is InChI=1S/C28H32Cl2N8/c1-31-13-23-27(37(3)4)35-21(15-33-23)19-11-7-9-17(25(19)29)18-10-8-12-20(26(18)30)22-16-34-24(14-32-2)28(36-22)38(5)6/h7-12,15-16,31-32H,13-14H2,1-6H3. The summed E-state index contributed by atoms with van der Waals surface area (Å²) in [5.41, 5.74) is 6.27. The number of hydrogen-bond donors (Lipinski definition) is 2. The van der Waals surface area contributed by atoms with E-state index in [1.807, 2.05) is 88.5 Å². The predicted octanol–water partition coefficient (Wildman–Crippen LogP) is 5.15. The third kappa shape index (κ3) is 5.59. The van der Waals surface area contributed by atoms with E-state index < -0.39 is 0 Å². The van der Waals surface area contributed by atoms with Gasteiger partial charge in [0.05, 0.1) is 45.2 Å². The summed E-state index contributed by atoms with van der Waals surface area (Å²) in [5, 5.41) is 7.38. The van der Waals surface area contributed by atoms with Gasteiger partial charge in [-0.05, 0) is 14.1 Å². The van der Waals surface area contributed by atoms with Gasteiger partial charge in [0.15, 0.2) is 11.6 Å². The molecule has 4 rings (SSSR count). The van der Waals surface area contributed by atoms with E-state index in [1.54, 1.807) is 12.4 Å². The van der Waals surface area contributed by atoms with Crippen molar-refractivity contribution in [1.29, 1.82) is 0 Å². The van der Waals surface area contributed by atoms with Gasteiger partial charge in [-0.3, -0.25) is 9.97 Å². The molecule has 198 valence electrons. The first-order valence-electron chi connectivity index (χ1n) is 12.2. The van der Waals surface area contributed by atoms with Crippen molar-refractivity contribution in [2.24, 2.45) is 0 Å². The molecule has 2 aromatic heterocycles. The molecule has 4 aromatic rings. The molecule has 2 N–H and O–H groups in total. The Morgan fingerprint density at radius 2 is 1.00 bits per heavy atom. The minimum absolute atomic E-state index is 0.552. The minimum atomic E-state index is 0.552. The fraction of sp³-hybridized carbons (Fsp3) is 0.286. The number of aromatic nitrogens is 4. The van der Waals surface area contributed by atoms with E-state index in [0.29, 0.717) is 34.5 Å². The van der Waals surface area contributed by atoms with Crippen LogP contribution in [0, 0.1) is 0 Å². The van der Waals surface area contributed by atoms with Gasteiger partial charge in [0.2, 0.25) is 0 Å². The zero-order valence-electron chi connectivity index (χ0n) is 22.5. The fourth-order valence-electron chi connectivity index (χ4n) is 4.24. The molecule has 8 nitrogen and oxygen atoms in total. The summed E-state index contributed by atoms with van der Waals surface area (Å²) in [6, 6.07) is 11.7. The van der Waals surface area contributed by atoms with Crippen molar-refractivity contribution in [3.05, 3.63) is 70.2 Å². The smallest absolute Gasteiger partial charge is 0.151 e. The molecule has 2 heterocycles. The molecule has 0 spiro atoms. The maximum absolute atomic E-state index is 7.01. The summed E-state index contributed by atoms with van der Waals surface area (Å²) in [5.74, 6) is 1.57. The van der Waals surface area contributed by atoms with E-state index in [9.17, 15) is 0 Å². The van der Waals surface area contributed by atoms with Gasteiger partial charge in [0.1, 0.15) is 0 Å². The molecule has 0 aliphatic rings. The average molecular weight is 552 g/mol. The second-order valence-corrected chi connectivity index (χ2v) is 9.99. The third-order valence-electron chi connectivity index (χ3n) is 6.03. The average Bonchev–Trinajstić information content (AvgIpc) is 2.90. The van der Waals surface area contributed by atoms with Gasteiger partial charge in [0.25, 0.3) is 0 Å². The Morgan fingerprint density at radius 3 is 1.34 bits per heavy atom. The van der Waals surface area contributed by atoms with E-state index in [1.165, 1.54) is 0 Å². The highest BCUT2D eigenvalue weighted by molar-refractivity contribution is 6.39. The Hall–Kier alpha value is -3.30. The van der Waals surface area contributed by atoms with Crippen LogP contribution in [-0.2, 0) is 13.1 Å². The zero-order valence-corrected chi connectivity index (χ0v) is 24.0. The van der Waals surface area contributed by atoms with E-state index in [4.69, 9.17) is 33.2 Å². The van der Waals surface area contributed by atoms with Crippen molar-refractivity contribution in [2.75, 3.05) is 52.1 Å². The molecule has 0 saturated heterocycles. The van der Waals surface area contributed by atoms with Crippen LogP contribution in [0.4, 0.5) is 11.6 Å². The number of nitrogens with zero attached hydrogens (tertiary/aromatic N) is 6. The second kappa shape index (κ2) is 12.0. The highest BCUT2D eigenvalue weighted by atomic mass is 35.5. The maximum atomic E-state index is 7.01. The summed E-state index contributed by atoms with van der Waals surface area (Å²) in [7, 11) is 11.6. The Balaban J connectivity index is 1.80. The van der Waals surface area contributed by atoms with Crippen LogP contribution in [0.2, 0.25) is 10.0 Å². The van der Waals surface area contributed by atoms with Crippen LogP contribution in [0.5, 0.6) is 0 Å². The van der Waals surface area contributed by atoms with Crippen molar-refractivity contribution >= 4 is 34.8 Å². The summed E-state index contributed by atoms with van der Waals surface area (Å²) in [6.45, 7) is 1.23. The van der Waals surface area contributed by atoms with E-state index in [2.05, 4.69) is 20.6 Å². The first-order chi connectivity index (χ1) is 18.3. The predicted molar refractivity (Wildman–Crippen MR) is 158 cm³/mol. The van der Waals surface area contributed by atoms with Crippen LogP contribution >= 0.6 is 23.2 Å². The largest absolute Gasteiger partial charge is 0.361 e. The Kier molecular flexibility index (Phi) is 8.79. The number of halogens is 2. The van der Waals surface area contributed by atoms with Crippen LogP contribution in [-0.4, -0.2) is 62.2 Å². The number of benzene rings is 2. The highest BCUT2D eigenvalue weighted by Gasteiger charge is 2.19. The lowest BCUT2D eigenvalue weighted by Crippen LogP contribution is -2.18. The van der Waals surface area contributed by atoms with E-state index in [-0.39, 0.29) is 0 Å². The number of rotatable bonds is 9. The fourth-order valence-corrected chi connectivity index (χ4v) is 4.89. The molecule has 0 saturated carbocycles. The normalized spacial score (nSPS) is 11.1. The molecule has 0 fully saturated rings. The molecule has 0 unspecified atom stereocenters. The quantitative estimate of drug-likeness (QED) is 0.296. The topological polar surface area (TPSA) is 82.1 Å². The third-order valence-corrected chi connectivity index (χ3v) is 6.84. The van der Waals surface area contributed by atoms with Crippen LogP contribution in [0.15, 0.2) is 48.8 Å². The van der Waals surface area contributed by atoms with E-state index in [0.717, 1.165) is 45.3 Å². The molecular formula is C28H32Cl2N8. The lowest BCUT2D eigenvalue weighted by Gasteiger charge is -2.18. The van der Waals surface area contributed by atoms with Crippen LogP contribution < -0.4 is 20.4 Å². The van der Waals surface area contributed by atoms with Crippen LogP contribution in [0.1, 0.15) is 11.4 Å². The van der Waals surface area contributed by atoms with Gasteiger partial charge in [0, 0.05) is 63.5 Å². The molecule has 0 radical (unpaired) electrons. The van der Waals surface area contributed by atoms with Crippen molar-refractivity contribution in [2.45, 2.75) is 13.1 Å². The van der Waals surface area contributed by atoms with Crippen molar-refractivity contribution in [1.82, 2.24) is 30.6 Å². The Labute approximate surface area is 234 Å². The monoisotopic (exact) mass is 550 g/mol. The zero-order chi connectivity index (χ0) is 27.4. The number of hydrogen-bond acceptors (Lipinski definition) is 8. The van der Waals surface area contributed by atoms with Gasteiger partial charge in [-0.2, -0.15) is 0 Å². The van der Waals surface area contributed by atoms with Gasteiger partial charge in [-0.1, -0.05) is 59.6 Å². The first-order valence-corrected chi connectivity index (χ1v) is 13.0. The summed E-state index contributed by atoms with van der Waals surface area (Å²) < 4.78 is 0. The minimum Gasteiger partial charge on any atom is -0.361 e. The highest BCUT2D eigenvalue weighted by Crippen LogP contribution is 2.42. The van der Waals surface area contributed by atoms with Crippen molar-refractivity contribution in [3.63, 3.8) is 0 Å². The molecule has 0 atom stereocenters. The second-order valence-electron chi connectivity index (χ2n) is 9.23. The molecule has 38 heavy (non-hydrogen) atoms. The van der Waals surface area contributed by atoms with Gasteiger partial charge < -0.3 is 20.4 Å². The molecule has 0 bridgehead atoms. The van der Waals surface area contributed by atoms with Gasteiger partial charge in [-0.15, -0.1) is 0 Å². The maximum Gasteiger partial charge on any atom is 0.151 e. The van der Waals surface area contributed by atoms with Crippen molar-refractivity contribution < 1.29 is 0 Å². The summed E-state index contributed by atoms with van der Waals surface area (Å²) in [4.78, 5) is 22.9.